The van der Waals surface area contributed by atoms with Crippen molar-refractivity contribution in [1.29, 1.82) is 0 Å². The van der Waals surface area contributed by atoms with Gasteiger partial charge in [0.25, 0.3) is 5.91 Å². The maximum absolute atomic E-state index is 12.9. The molecule has 0 bridgehead atoms. The van der Waals surface area contributed by atoms with E-state index in [2.05, 4.69) is 5.32 Å². The fourth-order valence-electron chi connectivity index (χ4n) is 3.63. The van der Waals surface area contributed by atoms with Gasteiger partial charge < -0.3 is 10.1 Å². The SMILES string of the molecule is CCCC1NC(=O)N(CN2CCN(S(=O)(=O)c3ccc(OC)c([N+](=O)[O-])c3)CC2)C1=O. The number of imide groups is 1. The predicted octanol–water partition coefficient (Wildman–Crippen LogP) is 0.588. The van der Waals surface area contributed by atoms with Crippen LogP contribution in [0.3, 0.4) is 0 Å². The van der Waals surface area contributed by atoms with Crippen LogP contribution in [0.1, 0.15) is 19.8 Å². The Morgan fingerprint density at radius 3 is 2.48 bits per heavy atom. The second-order valence-corrected chi connectivity index (χ2v) is 9.25. The molecular formula is C18H25N5O7S. The fourth-order valence-corrected chi connectivity index (χ4v) is 5.07. The van der Waals surface area contributed by atoms with Gasteiger partial charge in [-0.25, -0.2) is 18.1 Å². The van der Waals surface area contributed by atoms with Crippen molar-refractivity contribution in [3.63, 3.8) is 0 Å². The zero-order chi connectivity index (χ0) is 22.8. The number of carbonyl (C=O) groups excluding carboxylic acids is 2. The van der Waals surface area contributed by atoms with Crippen molar-refractivity contribution >= 4 is 27.6 Å². The number of urea groups is 1. The average molecular weight is 455 g/mol. The molecule has 2 aliphatic rings. The lowest BCUT2D eigenvalue weighted by Gasteiger charge is -2.35. The topological polar surface area (TPSA) is 142 Å². The van der Waals surface area contributed by atoms with E-state index in [-0.39, 0.29) is 36.3 Å². The van der Waals surface area contributed by atoms with Crippen LogP contribution in [-0.2, 0) is 14.8 Å². The van der Waals surface area contributed by atoms with Crippen molar-refractivity contribution in [2.75, 3.05) is 40.0 Å². The van der Waals surface area contributed by atoms with Gasteiger partial charge in [0.1, 0.15) is 6.04 Å². The molecule has 0 aliphatic carbocycles. The van der Waals surface area contributed by atoms with Crippen LogP contribution in [-0.4, -0.2) is 85.4 Å². The molecule has 2 heterocycles. The smallest absolute Gasteiger partial charge is 0.325 e. The quantitative estimate of drug-likeness (QED) is 0.341. The number of amides is 3. The highest BCUT2D eigenvalue weighted by molar-refractivity contribution is 7.89. The van der Waals surface area contributed by atoms with E-state index < -0.39 is 32.7 Å². The van der Waals surface area contributed by atoms with Crippen molar-refractivity contribution in [1.82, 2.24) is 19.4 Å². The number of carbonyl (C=O) groups is 2. The Balaban J connectivity index is 1.65. The third kappa shape index (κ3) is 4.62. The van der Waals surface area contributed by atoms with Crippen LogP contribution in [0.15, 0.2) is 23.1 Å². The minimum atomic E-state index is -3.94. The van der Waals surface area contributed by atoms with Crippen LogP contribution in [0, 0.1) is 10.1 Å². The first kappa shape index (κ1) is 22.9. The van der Waals surface area contributed by atoms with Gasteiger partial charge in [-0.05, 0) is 18.6 Å². The molecule has 2 aliphatic heterocycles. The number of nitro groups is 1. The summed E-state index contributed by atoms with van der Waals surface area (Å²) in [5.41, 5.74) is -0.428. The third-order valence-corrected chi connectivity index (χ3v) is 7.24. The van der Waals surface area contributed by atoms with Crippen LogP contribution in [0.4, 0.5) is 10.5 Å². The summed E-state index contributed by atoms with van der Waals surface area (Å²) in [6.07, 6.45) is 1.34. The molecule has 0 saturated carbocycles. The number of piperazine rings is 1. The van der Waals surface area contributed by atoms with E-state index >= 15 is 0 Å². The van der Waals surface area contributed by atoms with Crippen LogP contribution in [0.2, 0.25) is 0 Å². The predicted molar refractivity (Wildman–Crippen MR) is 109 cm³/mol. The van der Waals surface area contributed by atoms with Gasteiger partial charge >= 0.3 is 11.7 Å². The number of nitro benzene ring substituents is 1. The summed E-state index contributed by atoms with van der Waals surface area (Å²) in [6.45, 7) is 2.90. The molecular weight excluding hydrogens is 430 g/mol. The highest BCUT2D eigenvalue weighted by Crippen LogP contribution is 2.30. The van der Waals surface area contributed by atoms with Crippen LogP contribution < -0.4 is 10.1 Å². The zero-order valence-electron chi connectivity index (χ0n) is 17.3. The molecule has 31 heavy (non-hydrogen) atoms. The number of rotatable bonds is 8. The minimum absolute atomic E-state index is 0.0243. The van der Waals surface area contributed by atoms with Gasteiger partial charge in [0.2, 0.25) is 10.0 Å². The number of nitrogens with zero attached hydrogens (tertiary/aromatic N) is 4. The standard InChI is InChI=1S/C18H25N5O7S/c1-3-4-14-17(24)22(18(25)19-14)12-20-7-9-21(10-8-20)31(28,29)13-5-6-16(30-2)15(11-13)23(26)27/h5-6,11,14H,3-4,7-10,12H2,1-2H3,(H,19,25). The monoisotopic (exact) mass is 455 g/mol. The lowest BCUT2D eigenvalue weighted by molar-refractivity contribution is -0.386. The summed E-state index contributed by atoms with van der Waals surface area (Å²) in [5, 5.41) is 13.9. The first-order chi connectivity index (χ1) is 14.7. The Bertz CT molecular complexity index is 976. The summed E-state index contributed by atoms with van der Waals surface area (Å²) in [7, 11) is -2.68. The molecule has 3 rings (SSSR count). The molecule has 12 nitrogen and oxygen atoms in total. The number of hydrogen-bond donors (Lipinski definition) is 1. The first-order valence-electron chi connectivity index (χ1n) is 9.85. The maximum Gasteiger partial charge on any atom is 0.325 e. The van der Waals surface area contributed by atoms with E-state index in [1.165, 1.54) is 23.5 Å². The van der Waals surface area contributed by atoms with Crippen LogP contribution in [0.5, 0.6) is 5.75 Å². The average Bonchev–Trinajstić information content (AvgIpc) is 3.01. The number of ether oxygens (including phenoxy) is 1. The van der Waals surface area contributed by atoms with Crippen LogP contribution in [0.25, 0.3) is 0 Å². The molecule has 0 spiro atoms. The maximum atomic E-state index is 12.9. The second kappa shape index (κ2) is 9.16. The summed E-state index contributed by atoms with van der Waals surface area (Å²) in [6, 6.07) is 2.57. The minimum Gasteiger partial charge on any atom is -0.490 e. The molecule has 1 aromatic rings. The van der Waals surface area contributed by atoms with Gasteiger partial charge in [0, 0.05) is 32.2 Å². The number of methoxy groups -OCH3 is 1. The van der Waals surface area contributed by atoms with E-state index in [1.54, 1.807) is 0 Å². The summed E-state index contributed by atoms with van der Waals surface area (Å²) in [5.74, 6) is -0.295. The van der Waals surface area contributed by atoms with Crippen molar-refractivity contribution in [3.05, 3.63) is 28.3 Å². The van der Waals surface area contributed by atoms with Crippen molar-refractivity contribution in [2.24, 2.45) is 0 Å². The van der Waals surface area contributed by atoms with Gasteiger partial charge in [0.15, 0.2) is 5.75 Å². The molecule has 2 fully saturated rings. The van der Waals surface area contributed by atoms with E-state index in [4.69, 9.17) is 4.74 Å². The Morgan fingerprint density at radius 2 is 1.90 bits per heavy atom. The van der Waals surface area contributed by atoms with Gasteiger partial charge in [-0.2, -0.15) is 4.31 Å². The normalized spacial score (nSPS) is 20.7. The molecule has 1 atom stereocenters. The Hall–Kier alpha value is -2.77. The Kier molecular flexibility index (Phi) is 6.77. The van der Waals surface area contributed by atoms with E-state index in [9.17, 15) is 28.1 Å². The van der Waals surface area contributed by atoms with E-state index in [1.807, 2.05) is 11.8 Å². The van der Waals surface area contributed by atoms with Gasteiger partial charge in [-0.3, -0.25) is 19.8 Å². The Morgan fingerprint density at radius 1 is 1.23 bits per heavy atom. The van der Waals surface area contributed by atoms with Crippen LogP contribution >= 0.6 is 0 Å². The fraction of sp³-hybridized carbons (Fsp3) is 0.556. The highest BCUT2D eigenvalue weighted by Gasteiger charge is 2.39. The lowest BCUT2D eigenvalue weighted by Crippen LogP contribution is -2.52. The van der Waals surface area contributed by atoms with E-state index in [0.717, 1.165) is 17.4 Å². The number of sulfonamides is 1. The molecule has 0 aromatic heterocycles. The molecule has 1 unspecified atom stereocenters. The molecule has 2 saturated heterocycles. The molecule has 0 radical (unpaired) electrons. The van der Waals surface area contributed by atoms with Crippen molar-refractivity contribution in [2.45, 2.75) is 30.7 Å². The molecule has 1 aromatic carbocycles. The van der Waals surface area contributed by atoms with Gasteiger partial charge in [-0.15, -0.1) is 0 Å². The summed E-state index contributed by atoms with van der Waals surface area (Å²) in [4.78, 5) is 37.8. The third-order valence-electron chi connectivity index (χ3n) is 5.34. The molecule has 170 valence electrons. The van der Waals surface area contributed by atoms with Gasteiger partial charge in [-0.1, -0.05) is 13.3 Å². The Labute approximate surface area is 179 Å². The van der Waals surface area contributed by atoms with Crippen molar-refractivity contribution < 1.29 is 27.7 Å². The highest BCUT2D eigenvalue weighted by atomic mass is 32.2. The molecule has 3 amide bonds. The molecule has 1 N–H and O–H groups in total. The zero-order valence-corrected chi connectivity index (χ0v) is 18.1. The molecule has 13 heteroatoms. The summed E-state index contributed by atoms with van der Waals surface area (Å²) < 4.78 is 32.0. The lowest BCUT2D eigenvalue weighted by atomic mass is 10.2. The number of nitrogens with one attached hydrogen (secondary N) is 1. The first-order valence-corrected chi connectivity index (χ1v) is 11.3. The van der Waals surface area contributed by atoms with E-state index in [0.29, 0.717) is 19.5 Å². The van der Waals surface area contributed by atoms with Gasteiger partial charge in [0.05, 0.1) is 23.6 Å². The summed E-state index contributed by atoms with van der Waals surface area (Å²) >= 11 is 0. The second-order valence-electron chi connectivity index (χ2n) is 7.31. The number of benzene rings is 1. The van der Waals surface area contributed by atoms with Crippen molar-refractivity contribution in [3.8, 4) is 5.75 Å². The largest absolute Gasteiger partial charge is 0.490 e. The number of hydrogen-bond acceptors (Lipinski definition) is 8.